The molecule has 0 aliphatic carbocycles. The lowest BCUT2D eigenvalue weighted by molar-refractivity contribution is -0.132. The van der Waals surface area contributed by atoms with Crippen molar-refractivity contribution in [3.05, 3.63) is 29.8 Å². The first-order valence-electron chi connectivity index (χ1n) is 5.91. The van der Waals surface area contributed by atoms with Crippen LogP contribution in [0.5, 0.6) is 0 Å². The molecule has 1 amide bonds. The molecule has 1 fully saturated rings. The average molecular weight is 472 g/mol. The van der Waals surface area contributed by atoms with E-state index in [0.29, 0.717) is 13.7 Å². The first-order valence-corrected chi connectivity index (χ1v) is 8.06. The van der Waals surface area contributed by atoms with Crippen LogP contribution in [-0.2, 0) is 11.3 Å². The van der Waals surface area contributed by atoms with E-state index in [2.05, 4.69) is 0 Å². The molecule has 6 heteroatoms. The summed E-state index contributed by atoms with van der Waals surface area (Å²) in [5.74, 6) is 0.143. The molecule has 4 nitrogen and oxygen atoms in total. The number of aromatic nitrogens is 1. The number of nitrogens with zero attached hydrogens (tertiary/aromatic N) is 2. The predicted molar refractivity (Wildman–Crippen MR) is 86.6 cm³/mol. The molecule has 1 saturated heterocycles. The minimum atomic E-state index is 0.0397. The molecule has 0 atom stereocenters. The molecular formula is C12H14I2N2O2. The van der Waals surface area contributed by atoms with Crippen molar-refractivity contribution in [3.8, 4) is 0 Å². The molecule has 0 bridgehead atoms. The number of rotatable bonds is 2. The lowest BCUT2D eigenvalue weighted by Gasteiger charge is -2.27. The predicted octanol–water partition coefficient (Wildman–Crippen LogP) is 2.07. The van der Waals surface area contributed by atoms with Gasteiger partial charge in [-0.2, -0.15) is 0 Å². The molecule has 0 saturated carbocycles. The third kappa shape index (κ3) is 3.46. The summed E-state index contributed by atoms with van der Waals surface area (Å²) in [6.07, 6.45) is 6.91. The van der Waals surface area contributed by atoms with Crippen molar-refractivity contribution in [2.75, 3.05) is 13.1 Å². The molecule has 0 N–H and O–H groups in total. The van der Waals surface area contributed by atoms with Gasteiger partial charge in [-0.3, -0.25) is 9.59 Å². The Kier molecular flexibility index (Phi) is 5.05. The van der Waals surface area contributed by atoms with E-state index in [0.717, 1.165) is 25.9 Å². The van der Waals surface area contributed by atoms with Gasteiger partial charge in [0.25, 0.3) is 0 Å². The Balaban J connectivity index is 2.09. The van der Waals surface area contributed by atoms with Gasteiger partial charge in [-0.15, -0.1) is 0 Å². The molecule has 0 radical (unpaired) electrons. The van der Waals surface area contributed by atoms with Gasteiger partial charge in [0, 0.05) is 25.5 Å². The van der Waals surface area contributed by atoms with Crippen molar-refractivity contribution in [1.29, 1.82) is 0 Å². The molecule has 1 aromatic heterocycles. The van der Waals surface area contributed by atoms with Crippen LogP contribution in [0, 0.1) is 7.14 Å². The molecule has 1 aliphatic heterocycles. The van der Waals surface area contributed by atoms with Crippen LogP contribution in [0.3, 0.4) is 0 Å². The molecular weight excluding hydrogens is 458 g/mol. The summed E-state index contributed by atoms with van der Waals surface area (Å²) in [4.78, 5) is 25.6. The van der Waals surface area contributed by atoms with E-state index in [4.69, 9.17) is 0 Å². The monoisotopic (exact) mass is 472 g/mol. The Morgan fingerprint density at radius 1 is 1.11 bits per heavy atom. The fourth-order valence-corrected chi connectivity index (χ4v) is 3.86. The smallest absolute Gasteiger partial charge is 0.242 e. The Bertz CT molecular complexity index is 481. The first-order chi connectivity index (χ1) is 8.58. The zero-order chi connectivity index (χ0) is 13.1. The van der Waals surface area contributed by atoms with Crippen molar-refractivity contribution in [3.63, 3.8) is 0 Å². The summed E-state index contributed by atoms with van der Waals surface area (Å²) in [6.45, 7) is 2.06. The van der Waals surface area contributed by atoms with Gasteiger partial charge in [-0.05, 0) is 64.4 Å². The van der Waals surface area contributed by atoms with Crippen molar-refractivity contribution < 1.29 is 4.79 Å². The molecule has 2 heterocycles. The molecule has 1 aliphatic rings. The highest BCUT2D eigenvalue weighted by Crippen LogP contribution is 2.10. The number of piperidine rings is 1. The van der Waals surface area contributed by atoms with Crippen LogP contribution in [0.2, 0.25) is 0 Å². The first kappa shape index (κ1) is 14.3. The molecule has 1 aromatic rings. The second kappa shape index (κ2) is 6.36. The minimum absolute atomic E-state index is 0.0397. The minimum Gasteiger partial charge on any atom is -0.343 e. The van der Waals surface area contributed by atoms with Gasteiger partial charge in [-0.1, -0.05) is 0 Å². The summed E-state index contributed by atoms with van der Waals surface area (Å²) < 4.78 is 3.12. The van der Waals surface area contributed by atoms with Crippen LogP contribution in [0.15, 0.2) is 17.2 Å². The average Bonchev–Trinajstić information content (AvgIpc) is 2.37. The van der Waals surface area contributed by atoms with Gasteiger partial charge in [0.05, 0.1) is 7.14 Å². The Hall–Kier alpha value is -0.120. The van der Waals surface area contributed by atoms with Gasteiger partial charge >= 0.3 is 0 Å². The van der Waals surface area contributed by atoms with Crippen molar-refractivity contribution >= 4 is 51.1 Å². The molecule has 0 spiro atoms. The van der Waals surface area contributed by atoms with Crippen LogP contribution < -0.4 is 5.43 Å². The van der Waals surface area contributed by atoms with Crippen molar-refractivity contribution in [1.82, 2.24) is 9.47 Å². The lowest BCUT2D eigenvalue weighted by atomic mass is 10.1. The SMILES string of the molecule is O=C(Cn1cc(I)c(=O)c(I)c1)N1CCCCC1. The molecule has 0 aromatic carbocycles. The van der Waals surface area contributed by atoms with Crippen LogP contribution in [-0.4, -0.2) is 28.5 Å². The second-order valence-electron chi connectivity index (χ2n) is 4.40. The third-order valence-corrected chi connectivity index (χ3v) is 4.56. The number of hydrogen-bond acceptors (Lipinski definition) is 2. The topological polar surface area (TPSA) is 42.3 Å². The third-order valence-electron chi connectivity index (χ3n) is 3.02. The second-order valence-corrected chi connectivity index (χ2v) is 6.72. The van der Waals surface area contributed by atoms with E-state index in [1.165, 1.54) is 6.42 Å². The Labute approximate surface area is 133 Å². The van der Waals surface area contributed by atoms with E-state index in [1.807, 2.05) is 54.6 Å². The Morgan fingerprint density at radius 2 is 1.67 bits per heavy atom. The van der Waals surface area contributed by atoms with E-state index in [9.17, 15) is 9.59 Å². The van der Waals surface area contributed by atoms with Crippen LogP contribution in [0.1, 0.15) is 19.3 Å². The maximum Gasteiger partial charge on any atom is 0.242 e. The lowest BCUT2D eigenvalue weighted by Crippen LogP contribution is -2.38. The van der Waals surface area contributed by atoms with Crippen LogP contribution in [0.4, 0.5) is 0 Å². The van der Waals surface area contributed by atoms with E-state index in [1.54, 1.807) is 12.4 Å². The molecule has 0 unspecified atom stereocenters. The van der Waals surface area contributed by atoms with Gasteiger partial charge < -0.3 is 9.47 Å². The number of amides is 1. The standard InChI is InChI=1S/C12H14I2N2O2/c13-9-6-15(7-10(14)12(9)18)8-11(17)16-4-2-1-3-5-16/h6-7H,1-5,8H2. The maximum atomic E-state index is 12.1. The zero-order valence-electron chi connectivity index (χ0n) is 9.86. The van der Waals surface area contributed by atoms with E-state index >= 15 is 0 Å². The highest BCUT2D eigenvalue weighted by molar-refractivity contribution is 14.1. The molecule has 18 heavy (non-hydrogen) atoms. The van der Waals surface area contributed by atoms with Gasteiger partial charge in [-0.25, -0.2) is 0 Å². The number of halogens is 2. The quantitative estimate of drug-likeness (QED) is 0.620. The summed E-state index contributed by atoms with van der Waals surface area (Å²) >= 11 is 4.03. The van der Waals surface area contributed by atoms with E-state index in [-0.39, 0.29) is 11.3 Å². The zero-order valence-corrected chi connectivity index (χ0v) is 14.2. The largest absolute Gasteiger partial charge is 0.343 e. The number of carbonyl (C=O) groups excluding carboxylic acids is 1. The number of carbonyl (C=O) groups is 1. The van der Waals surface area contributed by atoms with Crippen molar-refractivity contribution in [2.45, 2.75) is 25.8 Å². The number of pyridine rings is 1. The fourth-order valence-electron chi connectivity index (χ4n) is 2.05. The van der Waals surface area contributed by atoms with E-state index < -0.39 is 0 Å². The summed E-state index contributed by atoms with van der Waals surface area (Å²) in [6, 6.07) is 0. The number of hydrogen-bond donors (Lipinski definition) is 0. The fraction of sp³-hybridized carbons (Fsp3) is 0.500. The molecule has 2 rings (SSSR count). The van der Waals surface area contributed by atoms with Crippen molar-refractivity contribution in [2.24, 2.45) is 0 Å². The summed E-state index contributed by atoms with van der Waals surface area (Å²) in [5.41, 5.74) is 0.0397. The summed E-state index contributed by atoms with van der Waals surface area (Å²) in [5, 5.41) is 0. The van der Waals surface area contributed by atoms with Gasteiger partial charge in [0.15, 0.2) is 0 Å². The normalized spacial score (nSPS) is 15.8. The summed E-state index contributed by atoms with van der Waals surface area (Å²) in [7, 11) is 0. The maximum absolute atomic E-state index is 12.1. The van der Waals surface area contributed by atoms with Crippen LogP contribution in [0.25, 0.3) is 0 Å². The highest BCUT2D eigenvalue weighted by atomic mass is 127. The number of likely N-dealkylation sites (tertiary alicyclic amines) is 1. The highest BCUT2D eigenvalue weighted by Gasteiger charge is 2.16. The Morgan fingerprint density at radius 3 is 2.22 bits per heavy atom. The molecule has 98 valence electrons. The van der Waals surface area contributed by atoms with Gasteiger partial charge in [0.1, 0.15) is 6.54 Å². The van der Waals surface area contributed by atoms with Crippen LogP contribution >= 0.6 is 45.2 Å². The van der Waals surface area contributed by atoms with Gasteiger partial charge in [0.2, 0.25) is 11.3 Å².